The van der Waals surface area contributed by atoms with Crippen molar-refractivity contribution >= 4 is 27.0 Å². The maximum atomic E-state index is 12.9. The average molecular weight is 364 g/mol. The van der Waals surface area contributed by atoms with Crippen molar-refractivity contribution in [3.05, 3.63) is 24.0 Å². The van der Waals surface area contributed by atoms with Gasteiger partial charge in [-0.1, -0.05) is 6.92 Å². The number of amides is 1. The lowest BCUT2D eigenvalue weighted by molar-refractivity contribution is -0.132. The second-order valence-electron chi connectivity index (χ2n) is 6.40. The maximum absolute atomic E-state index is 12.9. The lowest BCUT2D eigenvalue weighted by Crippen LogP contribution is -2.50. The van der Waals surface area contributed by atoms with Crippen LogP contribution in [-0.2, 0) is 21.9 Å². The molecule has 1 aliphatic rings. The highest BCUT2D eigenvalue weighted by molar-refractivity contribution is 7.89. The molecule has 1 fully saturated rings. The van der Waals surface area contributed by atoms with E-state index in [0.717, 1.165) is 17.8 Å². The minimum Gasteiger partial charge on any atom is -0.340 e. The Morgan fingerprint density at radius 3 is 2.52 bits per heavy atom. The van der Waals surface area contributed by atoms with Crippen LogP contribution in [0.2, 0.25) is 0 Å². The van der Waals surface area contributed by atoms with Crippen molar-refractivity contribution in [3.8, 4) is 0 Å². The highest BCUT2D eigenvalue weighted by Crippen LogP contribution is 2.23. The summed E-state index contributed by atoms with van der Waals surface area (Å²) in [6, 6.07) is 5.06. The van der Waals surface area contributed by atoms with Crippen LogP contribution in [0.25, 0.3) is 11.0 Å². The topological polar surface area (TPSA) is 75.5 Å². The summed E-state index contributed by atoms with van der Waals surface area (Å²) < 4.78 is 29.2. The molecule has 136 valence electrons. The minimum absolute atomic E-state index is 0.102. The molecule has 0 atom stereocenters. The molecule has 7 nitrogen and oxygen atoms in total. The van der Waals surface area contributed by atoms with Gasteiger partial charge >= 0.3 is 0 Å². The summed E-state index contributed by atoms with van der Waals surface area (Å²) in [5, 5.41) is 0. The number of benzene rings is 1. The van der Waals surface area contributed by atoms with Crippen LogP contribution < -0.4 is 0 Å². The van der Waals surface area contributed by atoms with Gasteiger partial charge in [0.1, 0.15) is 5.82 Å². The smallest absolute Gasteiger partial charge is 0.243 e. The molecular weight excluding hydrogens is 340 g/mol. The molecule has 1 saturated heterocycles. The fraction of sp³-hybridized carbons (Fsp3) is 0.529. The molecule has 0 N–H and O–H groups in total. The lowest BCUT2D eigenvalue weighted by atomic mass is 10.2. The number of sulfonamides is 1. The van der Waals surface area contributed by atoms with Crippen molar-refractivity contribution in [3.63, 3.8) is 0 Å². The van der Waals surface area contributed by atoms with Crippen molar-refractivity contribution in [2.75, 3.05) is 26.2 Å². The van der Waals surface area contributed by atoms with E-state index in [1.54, 1.807) is 23.1 Å². The summed E-state index contributed by atoms with van der Waals surface area (Å²) in [6.07, 6.45) is 1.32. The largest absolute Gasteiger partial charge is 0.340 e. The monoisotopic (exact) mass is 364 g/mol. The number of hydrogen-bond acceptors (Lipinski definition) is 4. The van der Waals surface area contributed by atoms with Gasteiger partial charge in [-0.25, -0.2) is 13.4 Å². The minimum atomic E-state index is -3.57. The number of aromatic nitrogens is 2. The summed E-state index contributed by atoms with van der Waals surface area (Å²) in [5.41, 5.74) is 1.59. The van der Waals surface area contributed by atoms with Gasteiger partial charge in [-0.2, -0.15) is 4.31 Å². The van der Waals surface area contributed by atoms with Gasteiger partial charge in [-0.3, -0.25) is 4.79 Å². The van der Waals surface area contributed by atoms with Crippen LogP contribution in [0.15, 0.2) is 23.1 Å². The van der Waals surface area contributed by atoms with E-state index < -0.39 is 10.0 Å². The Morgan fingerprint density at radius 1 is 1.20 bits per heavy atom. The molecule has 0 unspecified atom stereocenters. The van der Waals surface area contributed by atoms with E-state index in [4.69, 9.17) is 0 Å². The van der Waals surface area contributed by atoms with E-state index in [1.807, 2.05) is 25.5 Å². The second kappa shape index (κ2) is 6.76. The molecule has 0 radical (unpaired) electrons. The average Bonchev–Trinajstić information content (AvgIpc) is 2.89. The van der Waals surface area contributed by atoms with E-state index in [1.165, 1.54) is 4.31 Å². The Hall–Kier alpha value is -1.93. The van der Waals surface area contributed by atoms with Crippen molar-refractivity contribution < 1.29 is 13.2 Å². The van der Waals surface area contributed by atoms with Gasteiger partial charge in [-0.15, -0.1) is 0 Å². The number of carbonyl (C=O) groups excluding carboxylic acids is 1. The van der Waals surface area contributed by atoms with Crippen LogP contribution >= 0.6 is 0 Å². The van der Waals surface area contributed by atoms with E-state index in [0.29, 0.717) is 38.1 Å². The quantitative estimate of drug-likeness (QED) is 0.824. The predicted molar refractivity (Wildman–Crippen MR) is 95.7 cm³/mol. The number of hydrogen-bond donors (Lipinski definition) is 0. The molecular formula is C17H24N4O3S. The predicted octanol–water partition coefficient (Wildman–Crippen LogP) is 1.51. The molecule has 2 heterocycles. The summed E-state index contributed by atoms with van der Waals surface area (Å²) in [6.45, 7) is 5.41. The third-order valence-corrected chi connectivity index (χ3v) is 6.66. The molecule has 1 amide bonds. The third-order valence-electron chi connectivity index (χ3n) is 4.77. The molecule has 0 spiro atoms. The Morgan fingerprint density at radius 2 is 1.88 bits per heavy atom. The van der Waals surface area contributed by atoms with Gasteiger partial charge in [0.15, 0.2) is 0 Å². The van der Waals surface area contributed by atoms with Crippen LogP contribution in [0.1, 0.15) is 25.6 Å². The van der Waals surface area contributed by atoms with Crippen molar-refractivity contribution in [2.24, 2.45) is 7.05 Å². The summed E-state index contributed by atoms with van der Waals surface area (Å²) in [5.74, 6) is 0.942. The SMILES string of the molecule is CCCC(=O)N1CCN(S(=O)(=O)c2ccc3c(c2)nc(C)n3C)CC1. The highest BCUT2D eigenvalue weighted by atomic mass is 32.2. The van der Waals surface area contributed by atoms with Gasteiger partial charge in [0.05, 0.1) is 15.9 Å². The summed E-state index contributed by atoms with van der Waals surface area (Å²) in [7, 11) is -1.66. The van der Waals surface area contributed by atoms with Gasteiger partial charge in [0, 0.05) is 39.6 Å². The second-order valence-corrected chi connectivity index (χ2v) is 8.34. The fourth-order valence-electron chi connectivity index (χ4n) is 3.16. The number of imidazole rings is 1. The number of nitrogens with zero attached hydrogens (tertiary/aromatic N) is 4. The van der Waals surface area contributed by atoms with Gasteiger partial charge in [0.2, 0.25) is 15.9 Å². The van der Waals surface area contributed by atoms with Gasteiger partial charge in [-0.05, 0) is 31.5 Å². The van der Waals surface area contributed by atoms with Gasteiger partial charge < -0.3 is 9.47 Å². The fourth-order valence-corrected chi connectivity index (χ4v) is 4.60. The molecule has 1 aliphatic heterocycles. The third kappa shape index (κ3) is 3.28. The first kappa shape index (κ1) is 17.9. The van der Waals surface area contributed by atoms with Crippen LogP contribution in [-0.4, -0.2) is 59.3 Å². The Bertz CT molecular complexity index is 896. The Labute approximate surface area is 148 Å². The zero-order chi connectivity index (χ0) is 18.2. The lowest BCUT2D eigenvalue weighted by Gasteiger charge is -2.34. The number of fused-ring (bicyclic) bond motifs is 1. The number of carbonyl (C=O) groups is 1. The van der Waals surface area contributed by atoms with Gasteiger partial charge in [0.25, 0.3) is 0 Å². The molecule has 2 aromatic rings. The molecule has 0 aliphatic carbocycles. The first-order valence-electron chi connectivity index (χ1n) is 8.55. The molecule has 1 aromatic carbocycles. The molecule has 1 aromatic heterocycles. The van der Waals surface area contributed by atoms with E-state index in [2.05, 4.69) is 4.98 Å². The standard InChI is InChI=1S/C17H24N4O3S/c1-4-5-17(22)20-8-10-21(11-9-20)25(23,24)14-6-7-16-15(12-14)18-13(2)19(16)3/h6-7,12H,4-5,8-11H2,1-3H3. The molecule has 25 heavy (non-hydrogen) atoms. The first-order chi connectivity index (χ1) is 11.8. The van der Waals surface area contributed by atoms with E-state index in [9.17, 15) is 13.2 Å². The zero-order valence-corrected chi connectivity index (χ0v) is 15.7. The Balaban J connectivity index is 1.79. The Kier molecular flexibility index (Phi) is 4.83. The molecule has 8 heteroatoms. The highest BCUT2D eigenvalue weighted by Gasteiger charge is 2.30. The maximum Gasteiger partial charge on any atom is 0.243 e. The van der Waals surface area contributed by atoms with Crippen LogP contribution in [0.3, 0.4) is 0 Å². The van der Waals surface area contributed by atoms with E-state index in [-0.39, 0.29) is 10.8 Å². The van der Waals surface area contributed by atoms with Crippen LogP contribution in [0, 0.1) is 6.92 Å². The van der Waals surface area contributed by atoms with Crippen molar-refractivity contribution in [1.29, 1.82) is 0 Å². The summed E-state index contributed by atoms with van der Waals surface area (Å²) in [4.78, 5) is 18.4. The van der Waals surface area contributed by atoms with Crippen molar-refractivity contribution in [2.45, 2.75) is 31.6 Å². The van der Waals surface area contributed by atoms with Crippen LogP contribution in [0.5, 0.6) is 0 Å². The molecule has 3 rings (SSSR count). The number of piperazine rings is 1. The number of rotatable bonds is 4. The molecule has 0 bridgehead atoms. The normalized spacial score (nSPS) is 16.5. The van der Waals surface area contributed by atoms with Crippen molar-refractivity contribution in [1.82, 2.24) is 18.8 Å². The van der Waals surface area contributed by atoms with E-state index >= 15 is 0 Å². The van der Waals surface area contributed by atoms with Crippen LogP contribution in [0.4, 0.5) is 0 Å². The molecule has 0 saturated carbocycles. The summed E-state index contributed by atoms with van der Waals surface area (Å²) >= 11 is 0. The zero-order valence-electron chi connectivity index (χ0n) is 14.9. The first-order valence-corrected chi connectivity index (χ1v) is 9.99. The number of aryl methyl sites for hydroxylation is 2.